The van der Waals surface area contributed by atoms with Crippen LogP contribution in [-0.4, -0.2) is 15.8 Å². The van der Waals surface area contributed by atoms with Gasteiger partial charge in [-0.25, -0.2) is 0 Å². The maximum absolute atomic E-state index is 12.2. The van der Waals surface area contributed by atoms with Gasteiger partial charge in [0.25, 0.3) is 5.78 Å². The number of benzene rings is 2. The number of Topliss-reactive ketones (excluding diaryl/α,β-unsaturated/α-hetero) is 1. The van der Waals surface area contributed by atoms with Crippen molar-refractivity contribution in [2.45, 2.75) is 5.72 Å². The third-order valence-corrected chi connectivity index (χ3v) is 2.79. The van der Waals surface area contributed by atoms with E-state index in [0.29, 0.717) is 0 Å². The van der Waals surface area contributed by atoms with Gasteiger partial charge in [-0.1, -0.05) is 48.5 Å². The fourth-order valence-corrected chi connectivity index (χ4v) is 1.78. The Balaban J connectivity index is 2.53. The second kappa shape index (κ2) is 4.99. The molecule has 0 aliphatic heterocycles. The van der Waals surface area contributed by atoms with Crippen LogP contribution in [0.25, 0.3) is 0 Å². The van der Waals surface area contributed by atoms with Gasteiger partial charge >= 0.3 is 5.72 Å². The van der Waals surface area contributed by atoms with E-state index in [1.165, 1.54) is 36.4 Å². The predicted molar refractivity (Wildman–Crippen MR) is 68.1 cm³/mol. The molecule has 0 saturated carbocycles. The molecule has 5 heteroatoms. The van der Waals surface area contributed by atoms with Crippen molar-refractivity contribution in [3.05, 3.63) is 81.9 Å². The van der Waals surface area contributed by atoms with Crippen LogP contribution in [0.4, 0.5) is 0 Å². The highest BCUT2D eigenvalue weighted by molar-refractivity contribution is 6.01. The van der Waals surface area contributed by atoms with Crippen molar-refractivity contribution < 1.29 is 14.8 Å². The predicted octanol–water partition coefficient (Wildman–Crippen LogP) is 1.99. The summed E-state index contributed by atoms with van der Waals surface area (Å²) in [6.45, 7) is 0. The molecule has 2 rings (SSSR count). The van der Waals surface area contributed by atoms with Crippen LogP contribution in [0.2, 0.25) is 0 Å². The lowest BCUT2D eigenvalue weighted by Gasteiger charge is -2.18. The van der Waals surface area contributed by atoms with Crippen LogP contribution in [0.15, 0.2) is 60.7 Å². The molecule has 0 fully saturated rings. The first-order valence-corrected chi connectivity index (χ1v) is 5.59. The number of carbonyl (C=O) groups excluding carboxylic acids is 1. The first-order chi connectivity index (χ1) is 9.06. The molecule has 1 N–H and O–H groups in total. The van der Waals surface area contributed by atoms with Crippen LogP contribution in [0.5, 0.6) is 0 Å². The first kappa shape index (κ1) is 12.9. The number of rotatable bonds is 4. The van der Waals surface area contributed by atoms with Crippen molar-refractivity contribution in [1.29, 1.82) is 0 Å². The van der Waals surface area contributed by atoms with Crippen LogP contribution < -0.4 is 0 Å². The molecule has 1 atom stereocenters. The lowest BCUT2D eigenvalue weighted by molar-refractivity contribution is -0.612. The van der Waals surface area contributed by atoms with Crippen molar-refractivity contribution in [2.75, 3.05) is 0 Å². The number of carbonyl (C=O) groups is 1. The smallest absolute Gasteiger partial charge is 0.320 e. The zero-order chi connectivity index (χ0) is 13.9. The minimum atomic E-state index is -2.76. The highest BCUT2D eigenvalue weighted by Crippen LogP contribution is 2.26. The molecule has 0 radical (unpaired) electrons. The molecule has 0 aliphatic carbocycles. The Bertz CT molecular complexity index is 597. The molecule has 96 valence electrons. The van der Waals surface area contributed by atoms with Gasteiger partial charge in [-0.15, -0.1) is 0 Å². The van der Waals surface area contributed by atoms with E-state index in [-0.39, 0.29) is 11.1 Å². The van der Waals surface area contributed by atoms with Gasteiger partial charge in [0, 0.05) is 5.56 Å². The molecule has 0 heterocycles. The van der Waals surface area contributed by atoms with E-state index in [2.05, 4.69) is 0 Å². The van der Waals surface area contributed by atoms with Gasteiger partial charge in [-0.2, -0.15) is 0 Å². The molecule has 0 aliphatic rings. The summed E-state index contributed by atoms with van der Waals surface area (Å²) in [5.41, 5.74) is -2.73. The molecule has 2 aromatic rings. The van der Waals surface area contributed by atoms with Crippen LogP contribution in [0.3, 0.4) is 0 Å². The molecule has 0 bridgehead atoms. The molecular weight excluding hydrogens is 246 g/mol. The van der Waals surface area contributed by atoms with Crippen molar-refractivity contribution in [3.63, 3.8) is 0 Å². The lowest BCUT2D eigenvalue weighted by Crippen LogP contribution is -2.43. The summed E-state index contributed by atoms with van der Waals surface area (Å²) in [4.78, 5) is 22.4. The SMILES string of the molecule is O=C(c1ccccc1)C(O)(c1ccccc1)[N+](=O)[O-]. The zero-order valence-corrected chi connectivity index (χ0v) is 9.89. The average Bonchev–Trinajstić information content (AvgIpc) is 2.47. The maximum atomic E-state index is 12.2. The first-order valence-electron chi connectivity index (χ1n) is 5.59. The molecule has 0 saturated heterocycles. The zero-order valence-electron chi connectivity index (χ0n) is 9.89. The fraction of sp³-hybridized carbons (Fsp3) is 0.0714. The Morgan fingerprint density at radius 2 is 1.47 bits per heavy atom. The molecular formula is C14H11NO4. The van der Waals surface area contributed by atoms with Crippen molar-refractivity contribution >= 4 is 5.78 Å². The van der Waals surface area contributed by atoms with E-state index in [4.69, 9.17) is 0 Å². The molecule has 0 aromatic heterocycles. The lowest BCUT2D eigenvalue weighted by atomic mass is 9.94. The van der Waals surface area contributed by atoms with Gasteiger partial charge in [-0.3, -0.25) is 14.9 Å². The number of nitrogens with zero attached hydrogens (tertiary/aromatic N) is 1. The van der Waals surface area contributed by atoms with Crippen LogP contribution in [0, 0.1) is 10.1 Å². The normalized spacial score (nSPS) is 13.5. The minimum Gasteiger partial charge on any atom is -0.320 e. The van der Waals surface area contributed by atoms with E-state index in [0.717, 1.165) is 0 Å². The summed E-state index contributed by atoms with van der Waals surface area (Å²) in [6, 6.07) is 15.1. The Kier molecular flexibility index (Phi) is 3.39. The number of ketones is 1. The summed E-state index contributed by atoms with van der Waals surface area (Å²) in [6.07, 6.45) is 0. The Morgan fingerprint density at radius 3 is 1.95 bits per heavy atom. The average molecular weight is 257 g/mol. The quantitative estimate of drug-likeness (QED) is 0.393. The highest BCUT2D eigenvalue weighted by Gasteiger charge is 2.51. The van der Waals surface area contributed by atoms with Crippen LogP contribution >= 0.6 is 0 Å². The topological polar surface area (TPSA) is 80.4 Å². The van der Waals surface area contributed by atoms with E-state index in [1.54, 1.807) is 24.3 Å². The van der Waals surface area contributed by atoms with E-state index in [9.17, 15) is 20.0 Å². The second-order valence-corrected chi connectivity index (χ2v) is 3.99. The van der Waals surface area contributed by atoms with Crippen molar-refractivity contribution in [2.24, 2.45) is 0 Å². The number of hydrogen-bond donors (Lipinski definition) is 1. The third kappa shape index (κ3) is 2.23. The van der Waals surface area contributed by atoms with Gasteiger partial charge < -0.3 is 5.11 Å². The summed E-state index contributed by atoms with van der Waals surface area (Å²) in [7, 11) is 0. The fourth-order valence-electron chi connectivity index (χ4n) is 1.78. The molecule has 2 aromatic carbocycles. The Morgan fingerprint density at radius 1 is 1.00 bits per heavy atom. The Labute approximate surface area is 109 Å². The molecule has 5 nitrogen and oxygen atoms in total. The van der Waals surface area contributed by atoms with Gasteiger partial charge in [0.1, 0.15) is 0 Å². The molecule has 0 spiro atoms. The van der Waals surface area contributed by atoms with Crippen molar-refractivity contribution in [1.82, 2.24) is 0 Å². The largest absolute Gasteiger partial charge is 0.413 e. The van der Waals surface area contributed by atoms with Gasteiger partial charge in [-0.05, 0) is 12.1 Å². The van der Waals surface area contributed by atoms with Gasteiger partial charge in [0.05, 0.1) is 10.5 Å². The molecule has 1 unspecified atom stereocenters. The minimum absolute atomic E-state index is 0.0612. The van der Waals surface area contributed by atoms with Crippen LogP contribution in [0.1, 0.15) is 15.9 Å². The monoisotopic (exact) mass is 257 g/mol. The standard InChI is InChI=1S/C14H11NO4/c16-13(11-7-3-1-4-8-11)14(17,15(18)19)12-9-5-2-6-10-12/h1-10,17H. The van der Waals surface area contributed by atoms with Crippen molar-refractivity contribution in [3.8, 4) is 0 Å². The van der Waals surface area contributed by atoms with Gasteiger partial charge in [0.2, 0.25) is 0 Å². The van der Waals surface area contributed by atoms with E-state index in [1.807, 2.05) is 0 Å². The molecule has 0 amide bonds. The number of hydrogen-bond acceptors (Lipinski definition) is 4. The van der Waals surface area contributed by atoms with Gasteiger partial charge in [0.15, 0.2) is 0 Å². The summed E-state index contributed by atoms with van der Waals surface area (Å²) in [5, 5.41) is 21.4. The summed E-state index contributed by atoms with van der Waals surface area (Å²) in [5.74, 6) is -0.954. The second-order valence-electron chi connectivity index (χ2n) is 3.99. The summed E-state index contributed by atoms with van der Waals surface area (Å²) >= 11 is 0. The maximum Gasteiger partial charge on any atom is 0.413 e. The molecule has 19 heavy (non-hydrogen) atoms. The van der Waals surface area contributed by atoms with Crippen LogP contribution in [-0.2, 0) is 5.72 Å². The van der Waals surface area contributed by atoms with E-state index < -0.39 is 16.4 Å². The number of aliphatic hydroxyl groups is 1. The highest BCUT2D eigenvalue weighted by atomic mass is 16.7. The third-order valence-electron chi connectivity index (χ3n) is 2.79. The summed E-state index contributed by atoms with van der Waals surface area (Å²) < 4.78 is 0. The number of nitro groups is 1. The van der Waals surface area contributed by atoms with E-state index >= 15 is 0 Å². The Hall–Kier alpha value is -2.53.